The number of amides is 1. The van der Waals surface area contributed by atoms with E-state index in [4.69, 9.17) is 13.9 Å². The van der Waals surface area contributed by atoms with Gasteiger partial charge in [0, 0.05) is 18.5 Å². The normalized spacial score (nSPS) is 16.1. The summed E-state index contributed by atoms with van der Waals surface area (Å²) in [6.07, 6.45) is 1.92. The van der Waals surface area contributed by atoms with Gasteiger partial charge in [0.05, 0.1) is 31.7 Å². The zero-order valence-corrected chi connectivity index (χ0v) is 17.7. The Morgan fingerprint density at radius 1 is 1.30 bits per heavy atom. The Hall–Kier alpha value is -3.07. The average molecular weight is 429 g/mol. The van der Waals surface area contributed by atoms with Crippen LogP contribution in [0.3, 0.4) is 0 Å². The van der Waals surface area contributed by atoms with Crippen molar-refractivity contribution in [1.29, 1.82) is 0 Å². The van der Waals surface area contributed by atoms with Crippen LogP contribution in [0, 0.1) is 0 Å². The number of aromatic nitrogens is 2. The van der Waals surface area contributed by atoms with Crippen LogP contribution in [0.5, 0.6) is 11.5 Å². The number of benzene rings is 1. The summed E-state index contributed by atoms with van der Waals surface area (Å²) < 4.78 is 17.3. The highest BCUT2D eigenvalue weighted by Crippen LogP contribution is 2.39. The van der Waals surface area contributed by atoms with Crippen molar-refractivity contribution in [2.45, 2.75) is 31.8 Å². The van der Waals surface area contributed by atoms with Crippen LogP contribution in [-0.2, 0) is 11.3 Å². The molecule has 0 aliphatic carbocycles. The third kappa shape index (κ3) is 3.97. The standard InChI is InChI=1S/C21H23N3O5S/c1-27-14-7-8-17(28-2)15(13-14)16-5-3-10-23(16)19(25)9-11-24-21(26)29-20(22-24)18-6-4-12-30-18/h4,6-8,12-13,16H,3,5,9-11H2,1-2H3/t16-/m1/s1. The average Bonchev–Trinajstić information content (AvgIpc) is 3.52. The second-order valence-corrected chi connectivity index (χ2v) is 7.92. The third-order valence-electron chi connectivity index (χ3n) is 5.24. The van der Waals surface area contributed by atoms with Gasteiger partial charge < -0.3 is 18.8 Å². The molecule has 1 amide bonds. The van der Waals surface area contributed by atoms with Crippen molar-refractivity contribution < 1.29 is 18.7 Å². The van der Waals surface area contributed by atoms with E-state index in [0.717, 1.165) is 34.8 Å². The maximum atomic E-state index is 13.0. The van der Waals surface area contributed by atoms with Gasteiger partial charge in [-0.1, -0.05) is 6.07 Å². The van der Waals surface area contributed by atoms with Gasteiger partial charge in [0.1, 0.15) is 11.5 Å². The number of aryl methyl sites for hydroxylation is 1. The molecule has 1 fully saturated rings. The molecule has 30 heavy (non-hydrogen) atoms. The molecule has 3 heterocycles. The topological polar surface area (TPSA) is 86.8 Å². The summed E-state index contributed by atoms with van der Waals surface area (Å²) in [6, 6.07) is 9.23. The molecule has 0 saturated carbocycles. The van der Waals surface area contributed by atoms with Crippen LogP contribution in [0.25, 0.3) is 10.8 Å². The predicted molar refractivity (Wildman–Crippen MR) is 112 cm³/mol. The van der Waals surface area contributed by atoms with E-state index in [2.05, 4.69) is 5.10 Å². The molecule has 0 spiro atoms. The Kier molecular flexibility index (Phi) is 5.89. The quantitative estimate of drug-likeness (QED) is 0.573. The second-order valence-electron chi connectivity index (χ2n) is 6.98. The lowest BCUT2D eigenvalue weighted by molar-refractivity contribution is -0.132. The second kappa shape index (κ2) is 8.74. The fraction of sp³-hybridized carbons (Fsp3) is 0.381. The van der Waals surface area contributed by atoms with Gasteiger partial charge in [0.25, 0.3) is 5.89 Å². The van der Waals surface area contributed by atoms with Crippen molar-refractivity contribution in [2.75, 3.05) is 20.8 Å². The molecule has 1 atom stereocenters. The summed E-state index contributed by atoms with van der Waals surface area (Å²) in [6.45, 7) is 0.836. The van der Waals surface area contributed by atoms with E-state index < -0.39 is 5.76 Å². The predicted octanol–water partition coefficient (Wildman–Crippen LogP) is 3.34. The minimum atomic E-state index is -0.557. The molecule has 0 bridgehead atoms. The SMILES string of the molecule is COc1ccc(OC)c([C@H]2CCCN2C(=O)CCn2nc(-c3cccs3)oc2=O)c1. The van der Waals surface area contributed by atoms with E-state index in [1.54, 1.807) is 14.2 Å². The van der Waals surface area contributed by atoms with E-state index in [-0.39, 0.29) is 30.8 Å². The Bertz CT molecular complexity index is 1070. The van der Waals surface area contributed by atoms with Crippen LogP contribution in [-0.4, -0.2) is 41.4 Å². The zero-order valence-electron chi connectivity index (χ0n) is 16.9. The third-order valence-corrected chi connectivity index (χ3v) is 6.10. The van der Waals surface area contributed by atoms with E-state index >= 15 is 0 Å². The molecule has 0 unspecified atom stereocenters. The highest BCUT2D eigenvalue weighted by Gasteiger charge is 2.32. The Balaban J connectivity index is 1.48. The highest BCUT2D eigenvalue weighted by molar-refractivity contribution is 7.13. The number of nitrogens with zero attached hydrogens (tertiary/aromatic N) is 3. The van der Waals surface area contributed by atoms with Gasteiger partial charge >= 0.3 is 5.76 Å². The Morgan fingerprint density at radius 2 is 2.17 bits per heavy atom. The number of methoxy groups -OCH3 is 2. The first kappa shape index (κ1) is 20.2. The summed E-state index contributed by atoms with van der Waals surface area (Å²) in [5, 5.41) is 6.11. The lowest BCUT2D eigenvalue weighted by atomic mass is 10.0. The van der Waals surface area contributed by atoms with Crippen LogP contribution in [0.4, 0.5) is 0 Å². The fourth-order valence-corrected chi connectivity index (χ4v) is 4.43. The summed E-state index contributed by atoms with van der Waals surface area (Å²) in [5.74, 6) is 1.14. The first-order valence-corrected chi connectivity index (χ1v) is 10.6. The van der Waals surface area contributed by atoms with Crippen LogP contribution in [0.2, 0.25) is 0 Å². The minimum Gasteiger partial charge on any atom is -0.497 e. The van der Waals surface area contributed by atoms with Crippen LogP contribution >= 0.6 is 11.3 Å². The van der Waals surface area contributed by atoms with Crippen LogP contribution in [0.15, 0.2) is 44.9 Å². The molecule has 1 aromatic carbocycles. The van der Waals surface area contributed by atoms with Gasteiger partial charge in [0.15, 0.2) is 0 Å². The number of carbonyl (C=O) groups excluding carboxylic acids is 1. The van der Waals surface area contributed by atoms with Crippen LogP contribution < -0.4 is 15.2 Å². The molecule has 4 rings (SSSR count). The summed E-state index contributed by atoms with van der Waals surface area (Å²) in [7, 11) is 3.23. The molecular weight excluding hydrogens is 406 g/mol. The van der Waals surface area contributed by atoms with Crippen molar-refractivity contribution in [1.82, 2.24) is 14.7 Å². The molecule has 158 valence electrons. The molecular formula is C21H23N3O5S. The van der Waals surface area contributed by atoms with E-state index in [1.807, 2.05) is 40.6 Å². The van der Waals surface area contributed by atoms with Gasteiger partial charge in [-0.2, -0.15) is 4.68 Å². The largest absolute Gasteiger partial charge is 0.497 e. The van der Waals surface area contributed by atoms with Crippen LogP contribution in [0.1, 0.15) is 30.9 Å². The molecule has 1 saturated heterocycles. The first-order valence-electron chi connectivity index (χ1n) is 9.74. The van der Waals surface area contributed by atoms with Gasteiger partial charge in [-0.3, -0.25) is 4.79 Å². The number of likely N-dealkylation sites (tertiary alicyclic amines) is 1. The lowest BCUT2D eigenvalue weighted by Crippen LogP contribution is -2.32. The number of carbonyl (C=O) groups is 1. The Morgan fingerprint density at radius 3 is 2.90 bits per heavy atom. The summed E-state index contributed by atoms with van der Waals surface area (Å²) >= 11 is 1.44. The molecule has 3 aromatic rings. The minimum absolute atomic E-state index is 0.0325. The molecule has 0 N–H and O–H groups in total. The molecule has 0 radical (unpaired) electrons. The highest BCUT2D eigenvalue weighted by atomic mass is 32.1. The monoisotopic (exact) mass is 429 g/mol. The van der Waals surface area contributed by atoms with Gasteiger partial charge in [0.2, 0.25) is 5.91 Å². The maximum absolute atomic E-state index is 13.0. The number of rotatable bonds is 7. The lowest BCUT2D eigenvalue weighted by Gasteiger charge is -2.26. The Labute approximate surface area is 177 Å². The molecule has 9 heteroatoms. The van der Waals surface area contributed by atoms with Gasteiger partial charge in [-0.25, -0.2) is 4.79 Å². The molecule has 1 aliphatic rings. The van der Waals surface area contributed by atoms with Crippen molar-refractivity contribution >= 4 is 17.2 Å². The molecule has 1 aliphatic heterocycles. The van der Waals surface area contributed by atoms with Crippen molar-refractivity contribution in [3.63, 3.8) is 0 Å². The van der Waals surface area contributed by atoms with Crippen molar-refractivity contribution in [3.05, 3.63) is 51.8 Å². The summed E-state index contributed by atoms with van der Waals surface area (Å²) in [5.41, 5.74) is 0.932. The van der Waals surface area contributed by atoms with Crippen molar-refractivity contribution in [2.24, 2.45) is 0 Å². The smallest absolute Gasteiger partial charge is 0.437 e. The first-order chi connectivity index (χ1) is 14.6. The van der Waals surface area contributed by atoms with E-state index in [1.165, 1.54) is 16.0 Å². The number of ether oxygens (including phenoxy) is 2. The van der Waals surface area contributed by atoms with Gasteiger partial charge in [-0.15, -0.1) is 16.4 Å². The number of hydrogen-bond acceptors (Lipinski definition) is 7. The zero-order chi connectivity index (χ0) is 21.1. The summed E-state index contributed by atoms with van der Waals surface area (Å²) in [4.78, 5) is 27.7. The molecule has 8 nitrogen and oxygen atoms in total. The van der Waals surface area contributed by atoms with E-state index in [0.29, 0.717) is 6.54 Å². The number of hydrogen-bond donors (Lipinski definition) is 0. The van der Waals surface area contributed by atoms with Crippen molar-refractivity contribution in [3.8, 4) is 22.3 Å². The van der Waals surface area contributed by atoms with Gasteiger partial charge in [-0.05, 0) is 42.5 Å². The molecule has 2 aromatic heterocycles. The number of thiophene rings is 1. The van der Waals surface area contributed by atoms with E-state index in [9.17, 15) is 9.59 Å². The fourth-order valence-electron chi connectivity index (χ4n) is 3.78. The maximum Gasteiger partial charge on any atom is 0.437 e.